The van der Waals surface area contributed by atoms with Crippen LogP contribution in [0.1, 0.15) is 38.2 Å². The van der Waals surface area contributed by atoms with Gasteiger partial charge in [0.25, 0.3) is 0 Å². The average Bonchev–Trinajstić information content (AvgIpc) is 2.64. The summed E-state index contributed by atoms with van der Waals surface area (Å²) in [5.74, 6) is -0.347. The summed E-state index contributed by atoms with van der Waals surface area (Å²) >= 11 is 0. The Morgan fingerprint density at radius 1 is 1.28 bits per heavy atom. The summed E-state index contributed by atoms with van der Waals surface area (Å²) in [6.45, 7) is 2.04. The van der Waals surface area contributed by atoms with Crippen molar-refractivity contribution < 1.29 is 9.18 Å². The van der Waals surface area contributed by atoms with Gasteiger partial charge in [0.05, 0.1) is 0 Å². The van der Waals surface area contributed by atoms with Gasteiger partial charge in [0.15, 0.2) is 5.78 Å². The highest BCUT2D eigenvalue weighted by molar-refractivity contribution is 6.14. The van der Waals surface area contributed by atoms with Gasteiger partial charge in [-0.25, -0.2) is 4.39 Å². The first-order valence-electron chi connectivity index (χ1n) is 6.40. The van der Waals surface area contributed by atoms with Crippen LogP contribution >= 0.6 is 0 Å². The van der Waals surface area contributed by atoms with Crippen LogP contribution in [0.25, 0.3) is 6.08 Å². The maximum Gasteiger partial charge on any atom is 0.188 e. The summed E-state index contributed by atoms with van der Waals surface area (Å²) in [5, 5.41) is 0. The second-order valence-corrected chi connectivity index (χ2v) is 4.57. The monoisotopic (exact) mass is 244 g/mol. The van der Waals surface area contributed by atoms with Gasteiger partial charge in [-0.1, -0.05) is 43.7 Å². The van der Waals surface area contributed by atoms with Gasteiger partial charge in [-0.3, -0.25) is 4.79 Å². The maximum atomic E-state index is 13.7. The lowest BCUT2D eigenvalue weighted by molar-refractivity contribution is -0.112. The van der Waals surface area contributed by atoms with E-state index in [0.717, 1.165) is 18.4 Å². The van der Waals surface area contributed by atoms with Crippen molar-refractivity contribution in [3.8, 4) is 0 Å². The van der Waals surface area contributed by atoms with Crippen LogP contribution in [0, 0.1) is 0 Å². The molecule has 0 N–H and O–H groups in total. The molecule has 0 aromatic heterocycles. The van der Waals surface area contributed by atoms with Crippen LogP contribution in [-0.2, 0) is 4.79 Å². The van der Waals surface area contributed by atoms with Crippen molar-refractivity contribution in [2.45, 2.75) is 32.6 Å². The fourth-order valence-corrected chi connectivity index (χ4v) is 2.14. The van der Waals surface area contributed by atoms with E-state index < -0.39 is 0 Å². The summed E-state index contributed by atoms with van der Waals surface area (Å²) in [4.78, 5) is 12.1. The third-order valence-electron chi connectivity index (χ3n) is 3.16. The first-order chi connectivity index (χ1) is 8.72. The molecule has 0 saturated carbocycles. The molecule has 1 aromatic rings. The van der Waals surface area contributed by atoms with E-state index in [9.17, 15) is 9.18 Å². The van der Waals surface area contributed by atoms with Crippen LogP contribution in [0.2, 0.25) is 0 Å². The number of unbranched alkanes of at least 4 members (excludes halogenated alkanes) is 1. The zero-order valence-electron chi connectivity index (χ0n) is 10.6. The molecule has 0 fully saturated rings. The zero-order chi connectivity index (χ0) is 13.0. The molecule has 0 spiro atoms. The number of hydrogen-bond donors (Lipinski definition) is 0. The van der Waals surface area contributed by atoms with Crippen LogP contribution in [0.3, 0.4) is 0 Å². The minimum Gasteiger partial charge on any atom is -0.289 e. The Labute approximate surface area is 107 Å². The smallest absolute Gasteiger partial charge is 0.188 e. The van der Waals surface area contributed by atoms with Gasteiger partial charge in [-0.15, -0.1) is 0 Å². The van der Waals surface area contributed by atoms with Gasteiger partial charge in [0.2, 0.25) is 0 Å². The summed E-state index contributed by atoms with van der Waals surface area (Å²) < 4.78 is 13.7. The first kappa shape index (κ1) is 12.7. The molecule has 18 heavy (non-hydrogen) atoms. The minimum absolute atomic E-state index is 0.107. The molecular formula is C16H17FO. The van der Waals surface area contributed by atoms with Crippen LogP contribution < -0.4 is 0 Å². The predicted molar refractivity (Wildman–Crippen MR) is 71.7 cm³/mol. The number of halogens is 1. The molecule has 0 amide bonds. The zero-order valence-corrected chi connectivity index (χ0v) is 10.6. The summed E-state index contributed by atoms with van der Waals surface area (Å²) in [5.41, 5.74) is 1.91. The van der Waals surface area contributed by atoms with Gasteiger partial charge >= 0.3 is 0 Å². The highest BCUT2D eigenvalue weighted by atomic mass is 19.1. The number of benzene rings is 1. The molecule has 1 aliphatic carbocycles. The Balaban J connectivity index is 2.16. The molecule has 0 heterocycles. The molecule has 0 radical (unpaired) electrons. The van der Waals surface area contributed by atoms with E-state index in [4.69, 9.17) is 0 Å². The van der Waals surface area contributed by atoms with Crippen molar-refractivity contribution >= 4 is 11.9 Å². The average molecular weight is 244 g/mol. The SMILES string of the molecule is CCCCC1=C(F)C/C(=C/c2ccccc2)C1=O. The van der Waals surface area contributed by atoms with E-state index in [0.29, 0.717) is 17.6 Å². The fourth-order valence-electron chi connectivity index (χ4n) is 2.14. The summed E-state index contributed by atoms with van der Waals surface area (Å²) in [7, 11) is 0. The fraction of sp³-hybridized carbons (Fsp3) is 0.312. The molecule has 2 heteroatoms. The van der Waals surface area contributed by atoms with Crippen molar-refractivity contribution in [1.29, 1.82) is 0 Å². The third-order valence-corrected chi connectivity index (χ3v) is 3.16. The number of hydrogen-bond acceptors (Lipinski definition) is 1. The van der Waals surface area contributed by atoms with Crippen molar-refractivity contribution in [1.82, 2.24) is 0 Å². The number of Topliss-reactive ketones (excluding diaryl/α,β-unsaturated/α-hetero) is 1. The Hall–Kier alpha value is -1.70. The quantitative estimate of drug-likeness (QED) is 0.715. The van der Waals surface area contributed by atoms with E-state index in [1.165, 1.54) is 0 Å². The van der Waals surface area contributed by atoms with E-state index in [2.05, 4.69) is 0 Å². The lowest BCUT2D eigenvalue weighted by Gasteiger charge is -1.99. The normalized spacial score (nSPS) is 17.9. The lowest BCUT2D eigenvalue weighted by Crippen LogP contribution is -1.99. The van der Waals surface area contributed by atoms with Crippen LogP contribution in [-0.4, -0.2) is 5.78 Å². The highest BCUT2D eigenvalue weighted by Crippen LogP contribution is 2.32. The number of ketones is 1. The van der Waals surface area contributed by atoms with Gasteiger partial charge in [0.1, 0.15) is 5.83 Å². The Morgan fingerprint density at radius 3 is 2.67 bits per heavy atom. The molecule has 1 aliphatic rings. The van der Waals surface area contributed by atoms with E-state index in [1.54, 1.807) is 6.08 Å². The van der Waals surface area contributed by atoms with Crippen molar-refractivity contribution in [2.75, 3.05) is 0 Å². The standard InChI is InChI=1S/C16H17FO/c1-2-3-9-14-15(17)11-13(16(14)18)10-12-7-5-4-6-8-12/h4-8,10H,2-3,9,11H2,1H3/b13-10-. The van der Waals surface area contributed by atoms with Crippen molar-refractivity contribution in [3.63, 3.8) is 0 Å². The Kier molecular flexibility index (Phi) is 4.08. The highest BCUT2D eigenvalue weighted by Gasteiger charge is 2.27. The van der Waals surface area contributed by atoms with Gasteiger partial charge in [-0.2, -0.15) is 0 Å². The van der Waals surface area contributed by atoms with Crippen LogP contribution in [0.5, 0.6) is 0 Å². The first-order valence-corrected chi connectivity index (χ1v) is 6.40. The molecule has 0 bridgehead atoms. The lowest BCUT2D eigenvalue weighted by atomic mass is 10.0. The molecule has 94 valence electrons. The van der Waals surface area contributed by atoms with Gasteiger partial charge in [0, 0.05) is 17.6 Å². The molecular weight excluding hydrogens is 227 g/mol. The van der Waals surface area contributed by atoms with Crippen molar-refractivity contribution in [3.05, 3.63) is 52.9 Å². The van der Waals surface area contributed by atoms with Crippen LogP contribution in [0.15, 0.2) is 47.3 Å². The van der Waals surface area contributed by atoms with Gasteiger partial charge < -0.3 is 0 Å². The Bertz CT molecular complexity index is 497. The van der Waals surface area contributed by atoms with E-state index in [1.807, 2.05) is 37.3 Å². The summed E-state index contributed by atoms with van der Waals surface area (Å²) in [6, 6.07) is 9.58. The number of carbonyl (C=O) groups excluding carboxylic acids is 1. The number of carbonyl (C=O) groups is 1. The second kappa shape index (κ2) is 5.76. The molecule has 0 aliphatic heterocycles. The van der Waals surface area contributed by atoms with Gasteiger partial charge in [-0.05, 0) is 24.5 Å². The maximum absolute atomic E-state index is 13.7. The van der Waals surface area contributed by atoms with Crippen LogP contribution in [0.4, 0.5) is 4.39 Å². The second-order valence-electron chi connectivity index (χ2n) is 4.57. The minimum atomic E-state index is -0.240. The molecule has 0 unspecified atom stereocenters. The number of allylic oxidation sites excluding steroid dienone is 3. The predicted octanol–water partition coefficient (Wildman–Crippen LogP) is 4.46. The largest absolute Gasteiger partial charge is 0.289 e. The molecule has 1 nitrogen and oxygen atoms in total. The molecule has 2 rings (SSSR count). The van der Waals surface area contributed by atoms with E-state index in [-0.39, 0.29) is 18.0 Å². The molecule has 0 saturated heterocycles. The Morgan fingerprint density at radius 2 is 2.00 bits per heavy atom. The molecule has 0 atom stereocenters. The third kappa shape index (κ3) is 2.76. The number of rotatable bonds is 4. The van der Waals surface area contributed by atoms with Crippen molar-refractivity contribution in [2.24, 2.45) is 0 Å². The summed E-state index contributed by atoms with van der Waals surface area (Å²) in [6.07, 6.45) is 4.36. The molecule has 1 aromatic carbocycles. The van der Waals surface area contributed by atoms with E-state index >= 15 is 0 Å². The topological polar surface area (TPSA) is 17.1 Å².